The molecule has 0 aromatic heterocycles. The molecule has 2 atom stereocenters. The Kier molecular flexibility index (Phi) is 3.27. The van der Waals surface area contributed by atoms with Crippen LogP contribution in [0, 0.1) is 11.8 Å². The predicted molar refractivity (Wildman–Crippen MR) is 90.1 cm³/mol. The summed E-state index contributed by atoms with van der Waals surface area (Å²) in [6.07, 6.45) is 5.99. The molecule has 0 amide bonds. The molecule has 4 rings (SSSR count). The van der Waals surface area contributed by atoms with E-state index in [0.29, 0.717) is 11.7 Å². The molecule has 108 valence electrons. The highest BCUT2D eigenvalue weighted by molar-refractivity contribution is 6.04. The molecule has 2 aromatic carbocycles. The maximum Gasteiger partial charge on any atom is 0.159 e. The fraction of sp³-hybridized carbons (Fsp3) is 0.190. The number of benzene rings is 2. The van der Waals surface area contributed by atoms with Gasteiger partial charge in [-0.05, 0) is 41.2 Å². The van der Waals surface area contributed by atoms with E-state index in [1.54, 1.807) is 0 Å². The van der Waals surface area contributed by atoms with E-state index in [1.807, 2.05) is 30.3 Å². The van der Waals surface area contributed by atoms with Crippen molar-refractivity contribution in [2.75, 3.05) is 0 Å². The maximum atomic E-state index is 12.3. The molecule has 1 nitrogen and oxygen atoms in total. The zero-order valence-corrected chi connectivity index (χ0v) is 12.4. The molecule has 0 aliphatic heterocycles. The summed E-state index contributed by atoms with van der Waals surface area (Å²) in [5, 5.41) is 0. The largest absolute Gasteiger partial charge is 0.295 e. The number of carbonyl (C=O) groups excluding carboxylic acids is 1. The second-order valence-electron chi connectivity index (χ2n) is 6.11. The van der Waals surface area contributed by atoms with Crippen LogP contribution in [0.3, 0.4) is 0 Å². The summed E-state index contributed by atoms with van der Waals surface area (Å²) >= 11 is 0. The van der Waals surface area contributed by atoms with Crippen LogP contribution in [0.15, 0.2) is 72.8 Å². The van der Waals surface area contributed by atoms with Crippen LogP contribution in [-0.2, 0) is 4.79 Å². The lowest BCUT2D eigenvalue weighted by atomic mass is 9.68. The lowest BCUT2D eigenvalue weighted by Crippen LogP contribution is -2.27. The lowest BCUT2D eigenvalue weighted by molar-refractivity contribution is -0.118. The summed E-state index contributed by atoms with van der Waals surface area (Å²) < 4.78 is 0. The lowest BCUT2D eigenvalue weighted by Gasteiger charge is -2.35. The molecule has 2 unspecified atom stereocenters. The van der Waals surface area contributed by atoms with Crippen molar-refractivity contribution < 1.29 is 4.79 Å². The average Bonchev–Trinajstić information content (AvgIpc) is 2.60. The van der Waals surface area contributed by atoms with Crippen molar-refractivity contribution in [3.8, 4) is 0 Å². The maximum absolute atomic E-state index is 12.3. The first-order valence-electron chi connectivity index (χ1n) is 7.89. The number of fused-ring (bicyclic) bond motifs is 2. The Labute approximate surface area is 131 Å². The van der Waals surface area contributed by atoms with Crippen molar-refractivity contribution in [1.82, 2.24) is 0 Å². The third kappa shape index (κ3) is 2.23. The normalized spacial score (nSPS) is 23.7. The third-order valence-electron chi connectivity index (χ3n) is 4.81. The van der Waals surface area contributed by atoms with Crippen molar-refractivity contribution in [3.05, 3.63) is 83.9 Å². The molecular formula is C21H18O. The minimum absolute atomic E-state index is 0.171. The van der Waals surface area contributed by atoms with Gasteiger partial charge in [-0.1, -0.05) is 66.7 Å². The van der Waals surface area contributed by atoms with Gasteiger partial charge < -0.3 is 0 Å². The highest BCUT2D eigenvalue weighted by Crippen LogP contribution is 2.46. The zero-order valence-electron chi connectivity index (χ0n) is 12.4. The van der Waals surface area contributed by atoms with Gasteiger partial charge in [0.15, 0.2) is 5.78 Å². The molecule has 0 spiro atoms. The number of hydrogen-bond acceptors (Lipinski definition) is 1. The van der Waals surface area contributed by atoms with E-state index in [-0.39, 0.29) is 5.92 Å². The Morgan fingerprint density at radius 3 is 2.00 bits per heavy atom. The van der Waals surface area contributed by atoms with Crippen LogP contribution in [-0.4, -0.2) is 5.78 Å². The topological polar surface area (TPSA) is 17.1 Å². The van der Waals surface area contributed by atoms with Crippen molar-refractivity contribution in [2.45, 2.75) is 12.8 Å². The smallest absolute Gasteiger partial charge is 0.159 e. The van der Waals surface area contributed by atoms with Gasteiger partial charge >= 0.3 is 0 Å². The fourth-order valence-electron chi connectivity index (χ4n) is 3.68. The molecule has 2 aliphatic rings. The standard InChI is InChI=1S/C21H18O/c22-21-14-19(16-9-5-2-6-10-16)20-13-17(21)11-12-18(20)15-7-3-1-4-8-15/h1-10,12,14,17,20H,11,13H2. The van der Waals surface area contributed by atoms with Crippen LogP contribution in [0.5, 0.6) is 0 Å². The van der Waals surface area contributed by atoms with E-state index in [1.165, 1.54) is 22.3 Å². The van der Waals surface area contributed by atoms with Crippen molar-refractivity contribution in [2.24, 2.45) is 11.8 Å². The van der Waals surface area contributed by atoms with E-state index < -0.39 is 0 Å². The first kappa shape index (κ1) is 13.3. The molecular weight excluding hydrogens is 268 g/mol. The molecule has 0 saturated heterocycles. The van der Waals surface area contributed by atoms with Gasteiger partial charge in [-0.3, -0.25) is 4.79 Å². The molecule has 1 heteroatoms. The van der Waals surface area contributed by atoms with Gasteiger partial charge in [-0.2, -0.15) is 0 Å². The quantitative estimate of drug-likeness (QED) is 0.777. The van der Waals surface area contributed by atoms with Gasteiger partial charge in [0.2, 0.25) is 0 Å². The summed E-state index contributed by atoms with van der Waals surface area (Å²) in [5.41, 5.74) is 5.00. The van der Waals surface area contributed by atoms with Crippen LogP contribution in [0.2, 0.25) is 0 Å². The van der Waals surface area contributed by atoms with E-state index in [0.717, 1.165) is 12.8 Å². The number of rotatable bonds is 2. The average molecular weight is 286 g/mol. The van der Waals surface area contributed by atoms with E-state index >= 15 is 0 Å². The summed E-state index contributed by atoms with van der Waals surface area (Å²) in [4.78, 5) is 12.3. The Hall–Kier alpha value is -2.41. The van der Waals surface area contributed by atoms with E-state index in [2.05, 4.69) is 42.5 Å². The molecule has 2 aromatic rings. The molecule has 2 bridgehead atoms. The molecule has 0 heterocycles. The highest BCUT2D eigenvalue weighted by Gasteiger charge is 2.35. The van der Waals surface area contributed by atoms with Gasteiger partial charge in [0.05, 0.1) is 0 Å². The van der Waals surface area contributed by atoms with Crippen LogP contribution >= 0.6 is 0 Å². The highest BCUT2D eigenvalue weighted by atomic mass is 16.1. The van der Waals surface area contributed by atoms with Crippen molar-refractivity contribution >= 4 is 16.9 Å². The van der Waals surface area contributed by atoms with Gasteiger partial charge in [0, 0.05) is 11.8 Å². The van der Waals surface area contributed by atoms with Crippen LogP contribution < -0.4 is 0 Å². The summed E-state index contributed by atoms with van der Waals surface area (Å²) in [5.74, 6) is 0.796. The van der Waals surface area contributed by atoms with E-state index in [9.17, 15) is 4.79 Å². The molecule has 0 N–H and O–H groups in total. The second kappa shape index (κ2) is 5.42. The first-order chi connectivity index (χ1) is 10.8. The van der Waals surface area contributed by atoms with Crippen molar-refractivity contribution in [1.29, 1.82) is 0 Å². The molecule has 0 fully saturated rings. The van der Waals surface area contributed by atoms with Gasteiger partial charge in [-0.25, -0.2) is 0 Å². The monoisotopic (exact) mass is 286 g/mol. The number of allylic oxidation sites excluding steroid dienone is 4. The Balaban J connectivity index is 1.81. The molecule has 0 radical (unpaired) electrons. The summed E-state index contributed by atoms with van der Waals surface area (Å²) in [6.45, 7) is 0. The number of hydrogen-bond donors (Lipinski definition) is 0. The van der Waals surface area contributed by atoms with Gasteiger partial charge in [0.1, 0.15) is 0 Å². The fourth-order valence-corrected chi connectivity index (χ4v) is 3.68. The minimum atomic E-state index is 0.171. The Morgan fingerprint density at radius 1 is 0.773 bits per heavy atom. The Bertz CT molecular complexity index is 753. The number of carbonyl (C=O) groups is 1. The third-order valence-corrected chi connectivity index (χ3v) is 4.81. The van der Waals surface area contributed by atoms with Crippen LogP contribution in [0.4, 0.5) is 0 Å². The van der Waals surface area contributed by atoms with Crippen LogP contribution in [0.1, 0.15) is 24.0 Å². The van der Waals surface area contributed by atoms with Crippen molar-refractivity contribution in [3.63, 3.8) is 0 Å². The number of ketones is 1. The predicted octanol–water partition coefficient (Wildman–Crippen LogP) is 4.76. The molecule has 22 heavy (non-hydrogen) atoms. The molecule has 0 saturated carbocycles. The SMILES string of the molecule is O=C1C=C(c2ccccc2)C2CC1CC=C2c1ccccc1. The van der Waals surface area contributed by atoms with Gasteiger partial charge in [0.25, 0.3) is 0 Å². The minimum Gasteiger partial charge on any atom is -0.295 e. The summed E-state index contributed by atoms with van der Waals surface area (Å²) in [7, 11) is 0. The molecule has 2 aliphatic carbocycles. The first-order valence-corrected chi connectivity index (χ1v) is 7.89. The Morgan fingerprint density at radius 2 is 1.36 bits per heavy atom. The van der Waals surface area contributed by atoms with E-state index in [4.69, 9.17) is 0 Å². The van der Waals surface area contributed by atoms with Crippen LogP contribution in [0.25, 0.3) is 11.1 Å². The second-order valence-corrected chi connectivity index (χ2v) is 6.11. The summed E-state index contributed by atoms with van der Waals surface area (Å²) in [6, 6.07) is 20.9. The van der Waals surface area contributed by atoms with Gasteiger partial charge in [-0.15, -0.1) is 0 Å². The zero-order chi connectivity index (χ0) is 14.9.